The predicted octanol–water partition coefficient (Wildman–Crippen LogP) is 3.38. The lowest BCUT2D eigenvalue weighted by atomic mass is 10.0. The van der Waals surface area contributed by atoms with Crippen molar-refractivity contribution < 1.29 is 13.2 Å². The van der Waals surface area contributed by atoms with E-state index in [1.807, 2.05) is 31.2 Å². The Morgan fingerprint density at radius 3 is 2.32 bits per heavy atom. The average Bonchev–Trinajstić information content (AvgIpc) is 2.87. The average molecular weight is 269 g/mol. The van der Waals surface area contributed by atoms with E-state index < -0.39 is 11.9 Å². The summed E-state index contributed by atoms with van der Waals surface area (Å²) in [5.74, 6) is 0. The minimum atomic E-state index is -4.40. The Kier molecular flexibility index (Phi) is 3.61. The lowest BCUT2D eigenvalue weighted by Gasteiger charge is -2.10. The molecule has 3 nitrogen and oxygen atoms in total. The molecule has 2 aromatic rings. The molecular weight excluding hydrogens is 255 g/mol. The molecule has 6 heteroatoms. The molecule has 0 aliphatic carbocycles. The summed E-state index contributed by atoms with van der Waals surface area (Å²) in [4.78, 5) is 0. The van der Waals surface area contributed by atoms with Gasteiger partial charge in [-0.15, -0.1) is 0 Å². The molecule has 102 valence electrons. The second-order valence-electron chi connectivity index (χ2n) is 4.30. The summed E-state index contributed by atoms with van der Waals surface area (Å²) < 4.78 is 37.4. The molecule has 1 atom stereocenters. The van der Waals surface area contributed by atoms with Crippen LogP contribution in [-0.4, -0.2) is 17.2 Å². The van der Waals surface area contributed by atoms with E-state index >= 15 is 0 Å². The van der Waals surface area contributed by atoms with E-state index in [0.29, 0.717) is 5.56 Å². The number of nitrogens with one attached hydrogen (secondary N) is 2. The molecule has 0 radical (unpaired) electrons. The molecule has 0 saturated carbocycles. The third kappa shape index (κ3) is 2.96. The van der Waals surface area contributed by atoms with Gasteiger partial charge >= 0.3 is 6.18 Å². The maximum Gasteiger partial charge on any atom is 0.432 e. The number of benzene rings is 1. The van der Waals surface area contributed by atoms with Gasteiger partial charge in [-0.25, -0.2) is 0 Å². The van der Waals surface area contributed by atoms with Gasteiger partial charge in [0.05, 0.1) is 5.69 Å². The fraction of sp³-hybridized carbons (Fsp3) is 0.308. The van der Waals surface area contributed by atoms with Crippen molar-refractivity contribution in [3.63, 3.8) is 0 Å². The topological polar surface area (TPSA) is 40.7 Å². The zero-order chi connectivity index (χ0) is 14.0. The van der Waals surface area contributed by atoms with Gasteiger partial charge in [-0.05, 0) is 25.6 Å². The highest BCUT2D eigenvalue weighted by Gasteiger charge is 2.33. The maximum atomic E-state index is 12.5. The van der Waals surface area contributed by atoms with Crippen LogP contribution < -0.4 is 5.32 Å². The van der Waals surface area contributed by atoms with E-state index in [9.17, 15) is 13.2 Å². The van der Waals surface area contributed by atoms with Crippen LogP contribution in [0.25, 0.3) is 11.3 Å². The predicted molar refractivity (Wildman–Crippen MR) is 66.5 cm³/mol. The maximum absolute atomic E-state index is 12.5. The Morgan fingerprint density at radius 2 is 1.84 bits per heavy atom. The van der Waals surface area contributed by atoms with Crippen LogP contribution in [0.4, 0.5) is 13.2 Å². The van der Waals surface area contributed by atoms with E-state index in [0.717, 1.165) is 11.6 Å². The standard InChI is InChI=1S/C13H14F3N3/c1-8(17-2)9-3-5-10(6-4-9)11-7-12(19-18-11)13(14,15)16/h3-8,17H,1-2H3,(H,18,19). The highest BCUT2D eigenvalue weighted by molar-refractivity contribution is 5.59. The Balaban J connectivity index is 2.25. The molecule has 1 aromatic heterocycles. The summed E-state index contributed by atoms with van der Waals surface area (Å²) in [6.45, 7) is 2.01. The van der Waals surface area contributed by atoms with Gasteiger partial charge in [-0.1, -0.05) is 24.3 Å². The number of nitrogens with zero attached hydrogens (tertiary/aromatic N) is 1. The van der Waals surface area contributed by atoms with Crippen LogP contribution in [0.1, 0.15) is 24.2 Å². The molecular formula is C13H14F3N3. The Bertz CT molecular complexity index is 543. The van der Waals surface area contributed by atoms with Gasteiger partial charge in [-0.2, -0.15) is 18.3 Å². The Labute approximate surface area is 108 Å². The molecule has 2 N–H and O–H groups in total. The summed E-state index contributed by atoms with van der Waals surface area (Å²) >= 11 is 0. The van der Waals surface area contributed by atoms with Crippen molar-refractivity contribution in [2.45, 2.75) is 19.1 Å². The summed E-state index contributed by atoms with van der Waals surface area (Å²) in [6.07, 6.45) is -4.40. The second kappa shape index (κ2) is 5.05. The van der Waals surface area contributed by atoms with Gasteiger partial charge in [0.1, 0.15) is 5.69 Å². The van der Waals surface area contributed by atoms with Gasteiger partial charge in [0.25, 0.3) is 0 Å². The highest BCUT2D eigenvalue weighted by atomic mass is 19.4. The second-order valence-corrected chi connectivity index (χ2v) is 4.30. The van der Waals surface area contributed by atoms with Crippen LogP contribution in [0.5, 0.6) is 0 Å². The number of aromatic nitrogens is 2. The largest absolute Gasteiger partial charge is 0.432 e. The van der Waals surface area contributed by atoms with Gasteiger partial charge in [-0.3, -0.25) is 5.10 Å². The Morgan fingerprint density at radius 1 is 1.21 bits per heavy atom. The minimum absolute atomic E-state index is 0.193. The molecule has 0 spiro atoms. The van der Waals surface area contributed by atoms with Gasteiger partial charge in [0.15, 0.2) is 0 Å². The van der Waals surface area contributed by atoms with Crippen LogP contribution in [-0.2, 0) is 6.18 Å². The summed E-state index contributed by atoms with van der Waals surface area (Å²) in [5.41, 5.74) is 1.17. The lowest BCUT2D eigenvalue weighted by Crippen LogP contribution is -2.11. The lowest BCUT2D eigenvalue weighted by molar-refractivity contribution is -0.141. The van der Waals surface area contributed by atoms with Crippen molar-refractivity contribution in [1.29, 1.82) is 0 Å². The third-order valence-corrected chi connectivity index (χ3v) is 3.02. The first-order chi connectivity index (χ1) is 8.91. The van der Waals surface area contributed by atoms with Crippen molar-refractivity contribution in [1.82, 2.24) is 15.5 Å². The highest BCUT2D eigenvalue weighted by Crippen LogP contribution is 2.30. The van der Waals surface area contributed by atoms with E-state index in [1.54, 1.807) is 12.1 Å². The van der Waals surface area contributed by atoms with Crippen LogP contribution in [0.2, 0.25) is 0 Å². The Hall–Kier alpha value is -1.82. The summed E-state index contributed by atoms with van der Waals surface area (Å²) in [5, 5.41) is 8.79. The van der Waals surface area contributed by atoms with Crippen molar-refractivity contribution in [3.8, 4) is 11.3 Å². The molecule has 1 unspecified atom stereocenters. The zero-order valence-corrected chi connectivity index (χ0v) is 10.5. The molecule has 19 heavy (non-hydrogen) atoms. The number of H-pyrrole nitrogens is 1. The van der Waals surface area contributed by atoms with Crippen molar-refractivity contribution in [2.75, 3.05) is 7.05 Å². The first-order valence-electron chi connectivity index (χ1n) is 5.82. The van der Waals surface area contributed by atoms with Gasteiger partial charge in [0.2, 0.25) is 0 Å². The molecule has 0 bridgehead atoms. The monoisotopic (exact) mass is 269 g/mol. The molecule has 0 amide bonds. The van der Waals surface area contributed by atoms with Crippen molar-refractivity contribution in [3.05, 3.63) is 41.6 Å². The number of hydrogen-bond acceptors (Lipinski definition) is 2. The van der Waals surface area contributed by atoms with E-state index in [1.165, 1.54) is 0 Å². The molecule has 0 saturated heterocycles. The normalized spacial score (nSPS) is 13.5. The molecule has 0 aliphatic heterocycles. The van der Waals surface area contributed by atoms with E-state index in [2.05, 4.69) is 10.4 Å². The number of hydrogen-bond donors (Lipinski definition) is 2. The van der Waals surface area contributed by atoms with Crippen LogP contribution in [0, 0.1) is 0 Å². The van der Waals surface area contributed by atoms with Crippen molar-refractivity contribution >= 4 is 0 Å². The first-order valence-corrected chi connectivity index (χ1v) is 5.82. The van der Waals surface area contributed by atoms with Gasteiger partial charge < -0.3 is 5.32 Å². The number of alkyl halides is 3. The third-order valence-electron chi connectivity index (χ3n) is 3.02. The quantitative estimate of drug-likeness (QED) is 0.896. The summed E-state index contributed by atoms with van der Waals surface area (Å²) in [6, 6.07) is 8.48. The number of aromatic amines is 1. The summed E-state index contributed by atoms with van der Waals surface area (Å²) in [7, 11) is 1.85. The zero-order valence-electron chi connectivity index (χ0n) is 10.5. The molecule has 0 fully saturated rings. The fourth-order valence-corrected chi connectivity index (χ4v) is 1.72. The van der Waals surface area contributed by atoms with Crippen LogP contribution in [0.15, 0.2) is 30.3 Å². The van der Waals surface area contributed by atoms with E-state index in [-0.39, 0.29) is 11.7 Å². The van der Waals surface area contributed by atoms with Crippen molar-refractivity contribution in [2.24, 2.45) is 0 Å². The van der Waals surface area contributed by atoms with Crippen LogP contribution in [0.3, 0.4) is 0 Å². The molecule has 1 heterocycles. The van der Waals surface area contributed by atoms with Crippen LogP contribution >= 0.6 is 0 Å². The molecule has 2 rings (SSSR count). The van der Waals surface area contributed by atoms with E-state index in [4.69, 9.17) is 0 Å². The number of halogens is 3. The fourth-order valence-electron chi connectivity index (χ4n) is 1.72. The molecule has 1 aromatic carbocycles. The molecule has 0 aliphatic rings. The first kappa shape index (κ1) is 13.6. The smallest absolute Gasteiger partial charge is 0.313 e. The SMILES string of the molecule is CNC(C)c1ccc(-c2cc(C(F)(F)F)[nH]n2)cc1. The number of rotatable bonds is 3. The minimum Gasteiger partial charge on any atom is -0.313 e. The van der Waals surface area contributed by atoms with Gasteiger partial charge in [0, 0.05) is 11.6 Å².